The van der Waals surface area contributed by atoms with Crippen molar-refractivity contribution in [2.75, 3.05) is 5.32 Å². The highest BCUT2D eigenvalue weighted by Crippen LogP contribution is 2.20. The molecule has 0 amide bonds. The van der Waals surface area contributed by atoms with Crippen LogP contribution >= 0.6 is 0 Å². The fraction of sp³-hybridized carbons (Fsp3) is 0.125. The lowest BCUT2D eigenvalue weighted by Gasteiger charge is -2.15. The Morgan fingerprint density at radius 2 is 2.00 bits per heavy atom. The summed E-state index contributed by atoms with van der Waals surface area (Å²) < 4.78 is 1.71. The molecule has 0 aliphatic carbocycles. The van der Waals surface area contributed by atoms with Crippen molar-refractivity contribution in [3.8, 4) is 11.8 Å². The number of benzene rings is 1. The lowest BCUT2D eigenvalue weighted by molar-refractivity contribution is 0.862. The van der Waals surface area contributed by atoms with Crippen molar-refractivity contribution < 1.29 is 0 Å². The number of pyridine rings is 1. The van der Waals surface area contributed by atoms with E-state index in [1.165, 1.54) is 6.33 Å². The second-order valence-corrected chi connectivity index (χ2v) is 4.84. The number of anilines is 1. The standard InChI is InChI=1S/C16H14N6/c1-12(21-15-5-4-14(8-17)19-9-15)13-2-6-16(7-3-13)22-11-18-10-20-22/h2-7,9-12,21H,1H3. The number of hydrogen-bond acceptors (Lipinski definition) is 5. The number of aromatic nitrogens is 4. The van der Waals surface area contributed by atoms with Crippen molar-refractivity contribution >= 4 is 5.69 Å². The van der Waals surface area contributed by atoms with Gasteiger partial charge in [-0.15, -0.1) is 0 Å². The second kappa shape index (κ2) is 6.06. The molecule has 22 heavy (non-hydrogen) atoms. The van der Waals surface area contributed by atoms with E-state index in [1.807, 2.05) is 36.4 Å². The van der Waals surface area contributed by atoms with Crippen LogP contribution in [0.15, 0.2) is 55.2 Å². The third-order valence-corrected chi connectivity index (χ3v) is 3.34. The zero-order valence-electron chi connectivity index (χ0n) is 12.0. The van der Waals surface area contributed by atoms with Gasteiger partial charge in [-0.1, -0.05) is 12.1 Å². The zero-order chi connectivity index (χ0) is 15.4. The molecule has 108 valence electrons. The molecule has 1 atom stereocenters. The Bertz CT molecular complexity index is 769. The summed E-state index contributed by atoms with van der Waals surface area (Å²) in [6, 6.07) is 13.8. The van der Waals surface area contributed by atoms with E-state index in [2.05, 4.69) is 27.3 Å². The van der Waals surface area contributed by atoms with E-state index in [4.69, 9.17) is 5.26 Å². The van der Waals surface area contributed by atoms with Crippen molar-refractivity contribution in [1.82, 2.24) is 19.7 Å². The lowest BCUT2D eigenvalue weighted by atomic mass is 10.1. The van der Waals surface area contributed by atoms with Crippen molar-refractivity contribution in [1.29, 1.82) is 5.26 Å². The van der Waals surface area contributed by atoms with E-state index in [0.29, 0.717) is 5.69 Å². The molecular weight excluding hydrogens is 276 g/mol. The molecule has 2 aromatic heterocycles. The van der Waals surface area contributed by atoms with Crippen LogP contribution < -0.4 is 5.32 Å². The Labute approximate surface area is 128 Å². The number of nitriles is 1. The Morgan fingerprint density at radius 1 is 1.18 bits per heavy atom. The molecule has 0 aliphatic rings. The van der Waals surface area contributed by atoms with Gasteiger partial charge in [-0.2, -0.15) is 10.4 Å². The molecule has 1 N–H and O–H groups in total. The van der Waals surface area contributed by atoms with Crippen molar-refractivity contribution in [2.45, 2.75) is 13.0 Å². The smallest absolute Gasteiger partial charge is 0.140 e. The SMILES string of the molecule is CC(Nc1ccc(C#N)nc1)c1ccc(-n2cncn2)cc1. The van der Waals surface area contributed by atoms with Gasteiger partial charge in [0.2, 0.25) is 0 Å². The molecule has 3 aromatic rings. The topological polar surface area (TPSA) is 79.4 Å². The van der Waals surface area contributed by atoms with Gasteiger partial charge in [-0.05, 0) is 36.8 Å². The summed E-state index contributed by atoms with van der Waals surface area (Å²) in [6.07, 6.45) is 4.84. The summed E-state index contributed by atoms with van der Waals surface area (Å²) in [7, 11) is 0. The fourth-order valence-electron chi connectivity index (χ4n) is 2.14. The first-order chi connectivity index (χ1) is 10.8. The number of nitrogens with zero attached hydrogens (tertiary/aromatic N) is 5. The Morgan fingerprint density at radius 3 is 2.59 bits per heavy atom. The predicted octanol–water partition coefficient (Wildman–Crippen LogP) is 2.71. The minimum Gasteiger partial charge on any atom is -0.377 e. The molecule has 0 saturated carbocycles. The van der Waals surface area contributed by atoms with Gasteiger partial charge in [-0.25, -0.2) is 14.6 Å². The summed E-state index contributed by atoms with van der Waals surface area (Å²) in [5, 5.41) is 16.2. The van der Waals surface area contributed by atoms with Gasteiger partial charge < -0.3 is 5.32 Å². The average molecular weight is 290 g/mol. The van der Waals surface area contributed by atoms with Crippen LogP contribution in [0.3, 0.4) is 0 Å². The lowest BCUT2D eigenvalue weighted by Crippen LogP contribution is -2.07. The Hall–Kier alpha value is -3.20. The number of hydrogen-bond donors (Lipinski definition) is 1. The van der Waals surface area contributed by atoms with Gasteiger partial charge in [0.25, 0.3) is 0 Å². The van der Waals surface area contributed by atoms with Gasteiger partial charge in [0.1, 0.15) is 24.4 Å². The molecule has 3 rings (SSSR count). The van der Waals surface area contributed by atoms with Crippen LogP contribution in [-0.4, -0.2) is 19.7 Å². The highest BCUT2D eigenvalue weighted by molar-refractivity contribution is 5.45. The van der Waals surface area contributed by atoms with E-state index in [1.54, 1.807) is 23.3 Å². The molecule has 0 spiro atoms. The molecule has 6 heteroatoms. The van der Waals surface area contributed by atoms with Crippen LogP contribution in [0.1, 0.15) is 24.2 Å². The summed E-state index contributed by atoms with van der Waals surface area (Å²) in [5.74, 6) is 0. The van der Waals surface area contributed by atoms with E-state index in [-0.39, 0.29) is 6.04 Å². The molecule has 0 aliphatic heterocycles. The van der Waals surface area contributed by atoms with E-state index >= 15 is 0 Å². The van der Waals surface area contributed by atoms with Gasteiger partial charge in [0.15, 0.2) is 0 Å². The summed E-state index contributed by atoms with van der Waals surface area (Å²) in [4.78, 5) is 7.99. The Balaban J connectivity index is 1.71. The van der Waals surface area contributed by atoms with Crippen molar-refractivity contribution in [3.63, 3.8) is 0 Å². The van der Waals surface area contributed by atoms with Crippen LogP contribution in [0.2, 0.25) is 0 Å². The fourth-order valence-corrected chi connectivity index (χ4v) is 2.14. The third kappa shape index (κ3) is 2.94. The molecule has 1 unspecified atom stereocenters. The maximum atomic E-state index is 8.75. The first kappa shape index (κ1) is 13.8. The largest absolute Gasteiger partial charge is 0.377 e. The normalized spacial score (nSPS) is 11.6. The molecule has 0 bridgehead atoms. The average Bonchev–Trinajstić information content (AvgIpc) is 3.10. The quantitative estimate of drug-likeness (QED) is 0.799. The molecule has 0 fully saturated rings. The van der Waals surface area contributed by atoms with Gasteiger partial charge in [0.05, 0.1) is 17.6 Å². The number of rotatable bonds is 4. The monoisotopic (exact) mass is 290 g/mol. The zero-order valence-corrected chi connectivity index (χ0v) is 12.0. The summed E-state index contributed by atoms with van der Waals surface area (Å²) in [5.41, 5.74) is 3.41. The van der Waals surface area contributed by atoms with Crippen LogP contribution in [-0.2, 0) is 0 Å². The molecular formula is C16H14N6. The second-order valence-electron chi connectivity index (χ2n) is 4.84. The summed E-state index contributed by atoms with van der Waals surface area (Å²) >= 11 is 0. The van der Waals surface area contributed by atoms with E-state index < -0.39 is 0 Å². The van der Waals surface area contributed by atoms with E-state index in [0.717, 1.165) is 16.9 Å². The first-order valence-corrected chi connectivity index (χ1v) is 6.84. The van der Waals surface area contributed by atoms with Crippen molar-refractivity contribution in [3.05, 3.63) is 66.5 Å². The predicted molar refractivity (Wildman–Crippen MR) is 82.3 cm³/mol. The van der Waals surface area contributed by atoms with Crippen molar-refractivity contribution in [2.24, 2.45) is 0 Å². The molecule has 0 saturated heterocycles. The maximum Gasteiger partial charge on any atom is 0.140 e. The van der Waals surface area contributed by atoms with Gasteiger partial charge >= 0.3 is 0 Å². The molecule has 2 heterocycles. The van der Waals surface area contributed by atoms with Crippen LogP contribution in [0, 0.1) is 11.3 Å². The highest BCUT2D eigenvalue weighted by atomic mass is 15.3. The Kier molecular flexibility index (Phi) is 3.79. The first-order valence-electron chi connectivity index (χ1n) is 6.84. The minimum absolute atomic E-state index is 0.125. The van der Waals surface area contributed by atoms with Crippen LogP contribution in [0.4, 0.5) is 5.69 Å². The summed E-state index contributed by atoms with van der Waals surface area (Å²) in [6.45, 7) is 2.07. The molecule has 1 aromatic carbocycles. The maximum absolute atomic E-state index is 8.75. The van der Waals surface area contributed by atoms with Crippen LogP contribution in [0.5, 0.6) is 0 Å². The minimum atomic E-state index is 0.125. The molecule has 0 radical (unpaired) electrons. The number of nitrogens with one attached hydrogen (secondary N) is 1. The van der Waals surface area contributed by atoms with Crippen LogP contribution in [0.25, 0.3) is 5.69 Å². The van der Waals surface area contributed by atoms with E-state index in [9.17, 15) is 0 Å². The van der Waals surface area contributed by atoms with Gasteiger partial charge in [0, 0.05) is 6.04 Å². The third-order valence-electron chi connectivity index (χ3n) is 3.34. The van der Waals surface area contributed by atoms with Gasteiger partial charge in [-0.3, -0.25) is 0 Å². The highest BCUT2D eigenvalue weighted by Gasteiger charge is 2.06. The molecule has 6 nitrogen and oxygen atoms in total.